The van der Waals surface area contributed by atoms with E-state index in [0.29, 0.717) is 11.4 Å². The van der Waals surface area contributed by atoms with Crippen LogP contribution in [0.5, 0.6) is 11.8 Å². The minimum atomic E-state index is -0.304. The third-order valence-corrected chi connectivity index (χ3v) is 5.64. The first-order valence-corrected chi connectivity index (χ1v) is 8.95. The number of hydrogen-bond donors (Lipinski definition) is 4. The minimum Gasteiger partial charge on any atom is -0.494 e. The fourth-order valence-corrected chi connectivity index (χ4v) is 4.44. The molecule has 3 aromatic rings. The monoisotopic (exact) mass is 361 g/mol. The number of amides is 2. The van der Waals surface area contributed by atoms with Crippen LogP contribution < -0.4 is 10.6 Å². The van der Waals surface area contributed by atoms with Crippen LogP contribution in [-0.2, 0) is 0 Å². The van der Waals surface area contributed by atoms with Gasteiger partial charge in [0.1, 0.15) is 0 Å². The predicted molar refractivity (Wildman–Crippen MR) is 104 cm³/mol. The number of hydrogen-bond acceptors (Lipinski definition) is 3. The van der Waals surface area contributed by atoms with Crippen LogP contribution in [0.25, 0.3) is 16.5 Å². The van der Waals surface area contributed by atoms with Crippen molar-refractivity contribution in [1.82, 2.24) is 9.88 Å². The first-order valence-electron chi connectivity index (χ1n) is 8.95. The summed E-state index contributed by atoms with van der Waals surface area (Å²) < 4.78 is 1.52. The number of fused-ring (bicyclic) bond motifs is 6. The summed E-state index contributed by atoms with van der Waals surface area (Å²) >= 11 is 0. The van der Waals surface area contributed by atoms with E-state index in [0.717, 1.165) is 28.3 Å². The molecule has 6 nitrogen and oxygen atoms in total. The van der Waals surface area contributed by atoms with Gasteiger partial charge in [-0.1, -0.05) is 36.4 Å². The molecule has 2 aliphatic rings. The van der Waals surface area contributed by atoms with Crippen LogP contribution in [0, 0.1) is 0 Å². The second-order valence-corrected chi connectivity index (χ2v) is 7.03. The van der Waals surface area contributed by atoms with E-state index in [-0.39, 0.29) is 29.6 Å². The molecule has 2 atom stereocenters. The fraction of sp³-hybridized carbons (Fsp3) is 0.190. The van der Waals surface area contributed by atoms with E-state index < -0.39 is 0 Å². The average molecular weight is 361 g/mol. The second kappa shape index (κ2) is 5.54. The van der Waals surface area contributed by atoms with Crippen molar-refractivity contribution in [3.05, 3.63) is 59.7 Å². The van der Waals surface area contributed by atoms with Crippen LogP contribution in [0.2, 0.25) is 0 Å². The van der Waals surface area contributed by atoms with E-state index in [1.807, 2.05) is 24.3 Å². The third kappa shape index (κ3) is 2.10. The molecule has 27 heavy (non-hydrogen) atoms. The fourth-order valence-electron chi connectivity index (χ4n) is 4.44. The quantitative estimate of drug-likeness (QED) is 0.522. The highest BCUT2D eigenvalue weighted by atomic mass is 16.3. The Morgan fingerprint density at radius 2 is 1.63 bits per heavy atom. The van der Waals surface area contributed by atoms with E-state index in [2.05, 4.69) is 22.8 Å². The molecule has 0 radical (unpaired) electrons. The number of anilines is 1. The minimum absolute atomic E-state index is 0.0940. The molecule has 0 spiro atoms. The van der Waals surface area contributed by atoms with Crippen molar-refractivity contribution in [1.29, 1.82) is 0 Å². The van der Waals surface area contributed by atoms with Gasteiger partial charge in [0.25, 0.3) is 0 Å². The Balaban J connectivity index is 1.72. The third-order valence-electron chi connectivity index (χ3n) is 5.64. The highest BCUT2D eigenvalue weighted by Crippen LogP contribution is 2.57. The molecule has 2 aromatic carbocycles. The zero-order valence-corrected chi connectivity index (χ0v) is 14.7. The maximum atomic E-state index is 11.7. The first kappa shape index (κ1) is 15.8. The van der Waals surface area contributed by atoms with Crippen LogP contribution in [0.4, 0.5) is 10.5 Å². The summed E-state index contributed by atoms with van der Waals surface area (Å²) in [6, 6.07) is 10.9. The number of aromatic hydroxyl groups is 2. The van der Waals surface area contributed by atoms with Crippen LogP contribution in [-0.4, -0.2) is 27.9 Å². The molecule has 2 amide bonds. The molecule has 2 bridgehead atoms. The molecule has 0 unspecified atom stereocenters. The van der Waals surface area contributed by atoms with Crippen LogP contribution in [0.3, 0.4) is 0 Å². The summed E-state index contributed by atoms with van der Waals surface area (Å²) in [6.07, 6.45) is 5.12. The molecule has 0 fully saturated rings. The van der Waals surface area contributed by atoms with Gasteiger partial charge in [0.15, 0.2) is 0 Å². The normalized spacial score (nSPS) is 19.4. The number of carbonyl (C=O) groups is 1. The lowest BCUT2D eigenvalue weighted by molar-refractivity contribution is 0.254. The van der Waals surface area contributed by atoms with Crippen LogP contribution in [0.1, 0.15) is 29.4 Å². The van der Waals surface area contributed by atoms with Crippen molar-refractivity contribution in [3.63, 3.8) is 0 Å². The largest absolute Gasteiger partial charge is 0.494 e. The number of rotatable bonds is 2. The summed E-state index contributed by atoms with van der Waals surface area (Å²) in [5.41, 5.74) is 3.00. The van der Waals surface area contributed by atoms with Gasteiger partial charge < -0.3 is 20.8 Å². The molecule has 136 valence electrons. The van der Waals surface area contributed by atoms with Gasteiger partial charge in [-0.2, -0.15) is 0 Å². The highest BCUT2D eigenvalue weighted by Gasteiger charge is 2.41. The highest BCUT2D eigenvalue weighted by molar-refractivity contribution is 6.04. The molecule has 2 aliphatic carbocycles. The predicted octanol–water partition coefficient (Wildman–Crippen LogP) is 3.93. The molecule has 0 aliphatic heterocycles. The van der Waals surface area contributed by atoms with Gasteiger partial charge in [-0.25, -0.2) is 4.79 Å². The molecular weight excluding hydrogens is 342 g/mol. The number of aromatic nitrogens is 1. The number of nitrogens with one attached hydrogen (secondary N) is 2. The summed E-state index contributed by atoms with van der Waals surface area (Å²) in [5, 5.41) is 28.8. The van der Waals surface area contributed by atoms with Crippen molar-refractivity contribution in [2.45, 2.75) is 18.3 Å². The Kier molecular flexibility index (Phi) is 3.25. The molecular formula is C21H19N3O3. The Bertz CT molecular complexity index is 1090. The van der Waals surface area contributed by atoms with Gasteiger partial charge in [-0.3, -0.25) is 4.57 Å². The Morgan fingerprint density at radius 1 is 1.00 bits per heavy atom. The van der Waals surface area contributed by atoms with Gasteiger partial charge in [0, 0.05) is 40.8 Å². The summed E-state index contributed by atoms with van der Waals surface area (Å²) in [6.45, 7) is 0. The van der Waals surface area contributed by atoms with E-state index >= 15 is 0 Å². The standard InChI is InChI=1S/C21H19N3O3/c1-22-21(27)23-15-8-9-16(14-5-3-2-4-13(14)15)24-19(25)17-11-6-7-12(10-11)18(17)20(24)26/h2-9,11-12,25-26H,10H2,1H3,(H2,22,23,27)/t11-,12+. The summed E-state index contributed by atoms with van der Waals surface area (Å²) in [5.74, 6) is 0.517. The van der Waals surface area contributed by atoms with Gasteiger partial charge in [-0.05, 0) is 18.6 Å². The van der Waals surface area contributed by atoms with Crippen molar-refractivity contribution in [2.24, 2.45) is 0 Å². The zero-order chi connectivity index (χ0) is 18.7. The lowest BCUT2D eigenvalue weighted by Gasteiger charge is -2.15. The van der Waals surface area contributed by atoms with E-state index in [1.165, 1.54) is 4.57 Å². The number of urea groups is 1. The Hall–Kier alpha value is -3.41. The molecule has 4 N–H and O–H groups in total. The molecule has 1 aromatic heterocycles. The van der Waals surface area contributed by atoms with E-state index in [4.69, 9.17) is 0 Å². The van der Waals surface area contributed by atoms with Crippen LogP contribution in [0.15, 0.2) is 48.6 Å². The SMILES string of the molecule is CNC(=O)Nc1ccc(-n2c(O)c3c(c2O)[C@H]2C=C[C@@H]3C2)c2ccccc12. The van der Waals surface area contributed by atoms with Gasteiger partial charge >= 0.3 is 6.03 Å². The van der Waals surface area contributed by atoms with Gasteiger partial charge in [-0.15, -0.1) is 0 Å². The molecule has 1 heterocycles. The molecule has 5 rings (SSSR count). The lowest BCUT2D eigenvalue weighted by atomic mass is 10.0. The summed E-state index contributed by atoms with van der Waals surface area (Å²) in [7, 11) is 1.56. The number of benzene rings is 2. The van der Waals surface area contributed by atoms with Gasteiger partial charge in [0.2, 0.25) is 11.8 Å². The average Bonchev–Trinajstić information content (AvgIpc) is 3.36. The topological polar surface area (TPSA) is 86.5 Å². The Labute approximate surface area is 155 Å². The maximum absolute atomic E-state index is 11.7. The molecule has 0 saturated carbocycles. The van der Waals surface area contributed by atoms with Crippen molar-refractivity contribution < 1.29 is 15.0 Å². The van der Waals surface area contributed by atoms with Crippen LogP contribution >= 0.6 is 0 Å². The second-order valence-electron chi connectivity index (χ2n) is 7.03. The van der Waals surface area contributed by atoms with Crippen molar-refractivity contribution in [3.8, 4) is 17.4 Å². The number of allylic oxidation sites excluding steroid dienone is 2. The smallest absolute Gasteiger partial charge is 0.318 e. The lowest BCUT2D eigenvalue weighted by Crippen LogP contribution is -2.24. The molecule has 6 heteroatoms. The van der Waals surface area contributed by atoms with E-state index in [1.54, 1.807) is 19.2 Å². The Morgan fingerprint density at radius 3 is 2.26 bits per heavy atom. The number of carbonyl (C=O) groups excluding carboxylic acids is 1. The van der Waals surface area contributed by atoms with Crippen molar-refractivity contribution >= 4 is 22.5 Å². The number of nitrogens with zero attached hydrogens (tertiary/aromatic N) is 1. The van der Waals surface area contributed by atoms with E-state index in [9.17, 15) is 15.0 Å². The van der Waals surface area contributed by atoms with Crippen molar-refractivity contribution in [2.75, 3.05) is 12.4 Å². The maximum Gasteiger partial charge on any atom is 0.318 e. The summed E-state index contributed by atoms with van der Waals surface area (Å²) in [4.78, 5) is 11.7. The molecule has 0 saturated heterocycles. The van der Waals surface area contributed by atoms with Gasteiger partial charge in [0.05, 0.1) is 11.4 Å². The zero-order valence-electron chi connectivity index (χ0n) is 14.7. The first-order chi connectivity index (χ1) is 13.1.